The summed E-state index contributed by atoms with van der Waals surface area (Å²) in [5, 5.41) is 24.6. The zero-order valence-corrected chi connectivity index (χ0v) is 19.0. The van der Waals surface area contributed by atoms with E-state index in [2.05, 4.69) is 10.6 Å². The van der Waals surface area contributed by atoms with Crippen LogP contribution in [0.4, 0.5) is 0 Å². The number of nitrogens with two attached hydrogens (primary N) is 4. The van der Waals surface area contributed by atoms with Crippen LogP contribution >= 0.6 is 0 Å². The van der Waals surface area contributed by atoms with Gasteiger partial charge < -0.3 is 49.1 Å². The van der Waals surface area contributed by atoms with E-state index < -0.39 is 78.5 Å². The van der Waals surface area contributed by atoms with Gasteiger partial charge in [0.25, 0.3) is 0 Å². The molecule has 0 aromatic heterocycles. The van der Waals surface area contributed by atoms with Crippen molar-refractivity contribution in [3.63, 3.8) is 0 Å². The minimum absolute atomic E-state index is 0.0684. The third-order valence-corrected chi connectivity index (χ3v) is 4.64. The first-order valence-electron chi connectivity index (χ1n) is 10.7. The second kappa shape index (κ2) is 15.9. The lowest BCUT2D eigenvalue weighted by Gasteiger charge is -2.25. The number of hydrogen-bond donors (Lipinski definition) is 9. The van der Waals surface area contributed by atoms with Crippen LogP contribution in [0.25, 0.3) is 0 Å². The van der Waals surface area contributed by atoms with Crippen molar-refractivity contribution in [1.29, 1.82) is 0 Å². The smallest absolute Gasteiger partial charge is 0.326 e. The number of hydrogen-bond acceptors (Lipinski definition) is 9. The number of rotatable bonds is 18. The number of carboxylic acid groups (broad SMARTS) is 2. The van der Waals surface area contributed by atoms with Crippen molar-refractivity contribution in [2.75, 3.05) is 6.54 Å². The SMILES string of the molecule is NCCCCC(NC(=O)C(N)CC(N)=O)C(=O)NC(CCC(N)=O)C(=O)NC(CC(=O)O)C(=O)O. The number of amides is 5. The Bertz CT molecular complexity index is 806. The molecule has 4 unspecified atom stereocenters. The van der Waals surface area contributed by atoms with Crippen LogP contribution in [0, 0.1) is 0 Å². The maximum absolute atomic E-state index is 12.9. The number of carbonyl (C=O) groups excluding carboxylic acids is 5. The van der Waals surface area contributed by atoms with Crippen LogP contribution in [0.15, 0.2) is 0 Å². The van der Waals surface area contributed by atoms with Crippen LogP contribution in [0.3, 0.4) is 0 Å². The summed E-state index contributed by atoms with van der Waals surface area (Å²) in [6.07, 6.45) is -1.18. The van der Waals surface area contributed by atoms with Gasteiger partial charge in [-0.3, -0.25) is 28.8 Å². The van der Waals surface area contributed by atoms with Crippen molar-refractivity contribution in [3.8, 4) is 0 Å². The number of carboxylic acids is 2. The van der Waals surface area contributed by atoms with E-state index in [-0.39, 0.29) is 19.3 Å². The first-order valence-corrected chi connectivity index (χ1v) is 10.7. The van der Waals surface area contributed by atoms with E-state index in [0.717, 1.165) is 0 Å². The van der Waals surface area contributed by atoms with Crippen molar-refractivity contribution < 1.29 is 43.8 Å². The van der Waals surface area contributed by atoms with Gasteiger partial charge in [-0.15, -0.1) is 0 Å². The number of carbonyl (C=O) groups is 7. The second-order valence-electron chi connectivity index (χ2n) is 7.69. The summed E-state index contributed by atoms with van der Waals surface area (Å²) in [5.41, 5.74) is 21.1. The normalized spacial score (nSPS) is 14.0. The third-order valence-electron chi connectivity index (χ3n) is 4.64. The molecule has 16 nitrogen and oxygen atoms in total. The molecule has 16 heteroatoms. The molecule has 0 bridgehead atoms. The molecule has 0 saturated carbocycles. The van der Waals surface area contributed by atoms with Gasteiger partial charge in [0.15, 0.2) is 0 Å². The summed E-state index contributed by atoms with van der Waals surface area (Å²) in [7, 11) is 0. The Labute approximate surface area is 200 Å². The maximum Gasteiger partial charge on any atom is 0.326 e. The highest BCUT2D eigenvalue weighted by molar-refractivity contribution is 5.95. The van der Waals surface area contributed by atoms with E-state index in [1.54, 1.807) is 0 Å². The molecule has 0 radical (unpaired) electrons. The summed E-state index contributed by atoms with van der Waals surface area (Å²) in [4.78, 5) is 82.1. The van der Waals surface area contributed by atoms with E-state index in [9.17, 15) is 33.6 Å². The molecule has 0 aliphatic heterocycles. The molecule has 0 saturated heterocycles. The molecule has 0 fully saturated rings. The van der Waals surface area contributed by atoms with Gasteiger partial charge in [-0.2, -0.15) is 0 Å². The lowest BCUT2D eigenvalue weighted by atomic mass is 10.0. The number of unbranched alkanes of at least 4 members (excludes halogenated alkanes) is 1. The first-order chi connectivity index (χ1) is 16.3. The van der Waals surface area contributed by atoms with Crippen molar-refractivity contribution >= 4 is 41.5 Å². The molecular weight excluding hydrogens is 470 g/mol. The Morgan fingerprint density at radius 3 is 1.66 bits per heavy atom. The quantitative estimate of drug-likeness (QED) is 0.0804. The Morgan fingerprint density at radius 2 is 1.20 bits per heavy atom. The standard InChI is InChI=1S/C19H33N7O9/c20-6-2-1-3-10(24-16(31)9(21)7-14(23)28)17(32)25-11(4-5-13(22)27)18(33)26-12(19(34)35)8-15(29)30/h9-12H,1-8,20-21H2,(H2,22,27)(H2,23,28)(H,24,31)(H,25,32)(H,26,33)(H,29,30)(H,34,35). The summed E-state index contributed by atoms with van der Waals surface area (Å²) in [5.74, 6) is -7.59. The Kier molecular flexibility index (Phi) is 14.2. The summed E-state index contributed by atoms with van der Waals surface area (Å²) >= 11 is 0. The molecule has 4 atom stereocenters. The topological polar surface area (TPSA) is 300 Å². The largest absolute Gasteiger partial charge is 0.481 e. The molecule has 0 aliphatic rings. The van der Waals surface area contributed by atoms with Crippen molar-refractivity contribution in [1.82, 2.24) is 16.0 Å². The van der Waals surface area contributed by atoms with E-state index in [1.807, 2.05) is 5.32 Å². The maximum atomic E-state index is 12.9. The average Bonchev–Trinajstić information content (AvgIpc) is 2.74. The van der Waals surface area contributed by atoms with Gasteiger partial charge in [-0.25, -0.2) is 4.79 Å². The molecule has 5 amide bonds. The van der Waals surface area contributed by atoms with E-state index in [1.165, 1.54) is 0 Å². The van der Waals surface area contributed by atoms with Crippen LogP contribution in [-0.4, -0.2) is 82.4 Å². The summed E-state index contributed by atoms with van der Waals surface area (Å²) < 4.78 is 0. The van der Waals surface area contributed by atoms with E-state index in [4.69, 9.17) is 33.1 Å². The number of aliphatic carboxylic acids is 2. The molecule has 198 valence electrons. The Hall–Kier alpha value is -3.79. The molecule has 0 aliphatic carbocycles. The predicted molar refractivity (Wildman–Crippen MR) is 119 cm³/mol. The zero-order chi connectivity index (χ0) is 27.1. The fraction of sp³-hybridized carbons (Fsp3) is 0.632. The number of nitrogens with one attached hydrogen (secondary N) is 3. The molecule has 0 aromatic carbocycles. The van der Waals surface area contributed by atoms with Crippen LogP contribution in [0.1, 0.15) is 44.9 Å². The zero-order valence-electron chi connectivity index (χ0n) is 19.0. The third kappa shape index (κ3) is 13.5. The van der Waals surface area contributed by atoms with Crippen LogP contribution in [-0.2, 0) is 33.6 Å². The fourth-order valence-electron chi connectivity index (χ4n) is 2.82. The van der Waals surface area contributed by atoms with Gasteiger partial charge in [0.1, 0.15) is 18.1 Å². The van der Waals surface area contributed by atoms with E-state index >= 15 is 0 Å². The van der Waals surface area contributed by atoms with Gasteiger partial charge in [0.05, 0.1) is 18.9 Å². The minimum atomic E-state index is -1.81. The number of primary amides is 2. The van der Waals surface area contributed by atoms with Gasteiger partial charge in [-0.1, -0.05) is 0 Å². The summed E-state index contributed by atoms with van der Waals surface area (Å²) in [6, 6.07) is -5.86. The van der Waals surface area contributed by atoms with Crippen LogP contribution < -0.4 is 38.9 Å². The monoisotopic (exact) mass is 503 g/mol. The lowest BCUT2D eigenvalue weighted by molar-refractivity contribution is -0.147. The molecule has 13 N–H and O–H groups in total. The Balaban J connectivity index is 5.61. The molecular formula is C19H33N7O9. The Morgan fingerprint density at radius 1 is 0.686 bits per heavy atom. The first kappa shape index (κ1) is 31.2. The molecule has 0 aromatic rings. The van der Waals surface area contributed by atoms with Gasteiger partial charge in [0.2, 0.25) is 29.5 Å². The van der Waals surface area contributed by atoms with Crippen LogP contribution in [0.2, 0.25) is 0 Å². The van der Waals surface area contributed by atoms with Crippen molar-refractivity contribution in [2.24, 2.45) is 22.9 Å². The molecule has 0 heterocycles. The van der Waals surface area contributed by atoms with Crippen molar-refractivity contribution in [2.45, 2.75) is 69.1 Å². The van der Waals surface area contributed by atoms with Gasteiger partial charge in [0, 0.05) is 6.42 Å². The summed E-state index contributed by atoms with van der Waals surface area (Å²) in [6.45, 7) is 0.299. The fourth-order valence-corrected chi connectivity index (χ4v) is 2.82. The van der Waals surface area contributed by atoms with Crippen molar-refractivity contribution in [3.05, 3.63) is 0 Å². The van der Waals surface area contributed by atoms with Crippen LogP contribution in [0.5, 0.6) is 0 Å². The van der Waals surface area contributed by atoms with Gasteiger partial charge in [-0.05, 0) is 32.2 Å². The molecule has 35 heavy (non-hydrogen) atoms. The highest BCUT2D eigenvalue weighted by atomic mass is 16.4. The molecule has 0 rings (SSSR count). The van der Waals surface area contributed by atoms with Gasteiger partial charge >= 0.3 is 11.9 Å². The second-order valence-corrected chi connectivity index (χ2v) is 7.69. The highest BCUT2D eigenvalue weighted by Crippen LogP contribution is 2.06. The molecule has 0 spiro atoms. The predicted octanol–water partition coefficient (Wildman–Crippen LogP) is -4.40. The lowest BCUT2D eigenvalue weighted by Crippen LogP contribution is -2.57. The highest BCUT2D eigenvalue weighted by Gasteiger charge is 2.31. The average molecular weight is 504 g/mol. The minimum Gasteiger partial charge on any atom is -0.481 e. The van der Waals surface area contributed by atoms with E-state index in [0.29, 0.717) is 19.4 Å².